The number of aromatic nitrogens is 2. The van der Waals surface area contributed by atoms with Gasteiger partial charge in [-0.05, 0) is 43.0 Å². The van der Waals surface area contributed by atoms with Gasteiger partial charge in [-0.15, -0.1) is 0 Å². The second kappa shape index (κ2) is 7.59. The highest BCUT2D eigenvalue weighted by molar-refractivity contribution is 9.10. The third-order valence-corrected chi connectivity index (χ3v) is 7.98. The summed E-state index contributed by atoms with van der Waals surface area (Å²) in [6.07, 6.45) is 5.53. The summed E-state index contributed by atoms with van der Waals surface area (Å²) < 4.78 is 29.9. The van der Waals surface area contributed by atoms with Crippen molar-refractivity contribution in [1.29, 1.82) is 0 Å². The molecule has 2 aromatic rings. The first kappa shape index (κ1) is 18.0. The standard InChI is InChI=1S/C16H20BrN3O2S2/c1-19-11-8-18-16(19)23-12-13-6-9-20(10-7-13)24(21,22)15-4-2-14(17)3-5-15/h2-5,8,11,13H,6-7,9-10,12H2,1H3. The molecule has 0 unspecified atom stereocenters. The Labute approximate surface area is 155 Å². The van der Waals surface area contributed by atoms with Gasteiger partial charge in [0.25, 0.3) is 0 Å². The second-order valence-electron chi connectivity index (χ2n) is 5.93. The molecule has 0 radical (unpaired) electrons. The molecular formula is C16H20BrN3O2S2. The Kier molecular flexibility index (Phi) is 5.69. The van der Waals surface area contributed by atoms with E-state index in [2.05, 4.69) is 20.9 Å². The van der Waals surface area contributed by atoms with Gasteiger partial charge in [0, 0.05) is 42.8 Å². The molecule has 130 valence electrons. The van der Waals surface area contributed by atoms with Crippen molar-refractivity contribution < 1.29 is 8.42 Å². The van der Waals surface area contributed by atoms with Gasteiger partial charge in [-0.3, -0.25) is 0 Å². The highest BCUT2D eigenvalue weighted by Crippen LogP contribution is 2.28. The molecular weight excluding hydrogens is 410 g/mol. The van der Waals surface area contributed by atoms with Crippen LogP contribution in [0.5, 0.6) is 0 Å². The first-order chi connectivity index (χ1) is 11.5. The predicted octanol–water partition coefficient (Wildman–Crippen LogP) is 3.38. The molecule has 0 atom stereocenters. The lowest BCUT2D eigenvalue weighted by Gasteiger charge is -2.31. The maximum absolute atomic E-state index is 12.7. The van der Waals surface area contributed by atoms with E-state index >= 15 is 0 Å². The van der Waals surface area contributed by atoms with E-state index in [0.717, 1.165) is 28.2 Å². The smallest absolute Gasteiger partial charge is 0.243 e. The van der Waals surface area contributed by atoms with Crippen molar-refractivity contribution in [2.75, 3.05) is 18.8 Å². The number of aryl methyl sites for hydroxylation is 1. The summed E-state index contributed by atoms with van der Waals surface area (Å²) in [4.78, 5) is 4.68. The average Bonchev–Trinajstić information content (AvgIpc) is 2.99. The fourth-order valence-electron chi connectivity index (χ4n) is 2.76. The monoisotopic (exact) mass is 429 g/mol. The largest absolute Gasteiger partial charge is 0.329 e. The van der Waals surface area contributed by atoms with E-state index in [9.17, 15) is 8.42 Å². The molecule has 0 saturated carbocycles. The lowest BCUT2D eigenvalue weighted by molar-refractivity contribution is 0.291. The predicted molar refractivity (Wildman–Crippen MR) is 99.6 cm³/mol. The van der Waals surface area contributed by atoms with Crippen LogP contribution in [0.1, 0.15) is 12.8 Å². The van der Waals surface area contributed by atoms with E-state index in [1.54, 1.807) is 46.5 Å². The molecule has 0 amide bonds. The fraction of sp³-hybridized carbons (Fsp3) is 0.438. The number of hydrogen-bond donors (Lipinski definition) is 0. The Balaban J connectivity index is 1.56. The van der Waals surface area contributed by atoms with Gasteiger partial charge in [-0.1, -0.05) is 27.7 Å². The Morgan fingerprint density at radius 3 is 2.50 bits per heavy atom. The number of thioether (sulfide) groups is 1. The second-order valence-corrected chi connectivity index (χ2v) is 9.77. The van der Waals surface area contributed by atoms with Crippen LogP contribution < -0.4 is 0 Å². The molecule has 0 N–H and O–H groups in total. The van der Waals surface area contributed by atoms with Gasteiger partial charge in [-0.25, -0.2) is 13.4 Å². The highest BCUT2D eigenvalue weighted by Gasteiger charge is 2.29. The summed E-state index contributed by atoms with van der Waals surface area (Å²) in [5.41, 5.74) is 0. The Bertz CT molecular complexity index is 782. The van der Waals surface area contributed by atoms with Gasteiger partial charge in [0.15, 0.2) is 5.16 Å². The molecule has 1 aliphatic heterocycles. The Morgan fingerprint density at radius 2 is 1.92 bits per heavy atom. The first-order valence-corrected chi connectivity index (χ1v) is 11.0. The summed E-state index contributed by atoms with van der Waals surface area (Å²) >= 11 is 5.08. The fourth-order valence-corrected chi connectivity index (χ4v) is 5.61. The maximum Gasteiger partial charge on any atom is 0.243 e. The molecule has 2 heterocycles. The minimum Gasteiger partial charge on any atom is -0.329 e. The zero-order valence-electron chi connectivity index (χ0n) is 13.4. The number of benzene rings is 1. The molecule has 24 heavy (non-hydrogen) atoms. The zero-order valence-corrected chi connectivity index (χ0v) is 16.6. The van der Waals surface area contributed by atoms with Crippen molar-refractivity contribution in [3.63, 3.8) is 0 Å². The SMILES string of the molecule is Cn1ccnc1SCC1CCN(S(=O)(=O)c2ccc(Br)cc2)CC1. The van der Waals surface area contributed by atoms with Crippen LogP contribution in [-0.2, 0) is 17.1 Å². The van der Waals surface area contributed by atoms with Crippen molar-refractivity contribution in [3.05, 3.63) is 41.1 Å². The van der Waals surface area contributed by atoms with E-state index in [-0.39, 0.29) is 0 Å². The number of piperidine rings is 1. The van der Waals surface area contributed by atoms with Gasteiger partial charge >= 0.3 is 0 Å². The average molecular weight is 430 g/mol. The first-order valence-electron chi connectivity index (χ1n) is 7.82. The zero-order chi connectivity index (χ0) is 17.2. The van der Waals surface area contributed by atoms with Crippen LogP contribution in [0.15, 0.2) is 51.2 Å². The molecule has 1 aromatic carbocycles. The lowest BCUT2D eigenvalue weighted by atomic mass is 10.0. The number of halogens is 1. The van der Waals surface area contributed by atoms with Crippen LogP contribution in [0.25, 0.3) is 0 Å². The third kappa shape index (κ3) is 4.04. The quantitative estimate of drug-likeness (QED) is 0.683. The summed E-state index contributed by atoms with van der Waals surface area (Å²) in [5, 5.41) is 1.01. The van der Waals surface area contributed by atoms with Crippen molar-refractivity contribution >= 4 is 37.7 Å². The van der Waals surface area contributed by atoms with Gasteiger partial charge in [0.05, 0.1) is 4.90 Å². The number of rotatable bonds is 5. The molecule has 1 aromatic heterocycles. The van der Waals surface area contributed by atoms with Gasteiger partial charge in [-0.2, -0.15) is 4.31 Å². The normalized spacial score (nSPS) is 17.2. The highest BCUT2D eigenvalue weighted by atomic mass is 79.9. The van der Waals surface area contributed by atoms with Gasteiger partial charge in [0.2, 0.25) is 10.0 Å². The molecule has 0 aliphatic carbocycles. The van der Waals surface area contributed by atoms with E-state index in [1.165, 1.54) is 0 Å². The summed E-state index contributed by atoms with van der Waals surface area (Å²) in [7, 11) is -1.39. The Morgan fingerprint density at radius 1 is 1.25 bits per heavy atom. The van der Waals surface area contributed by atoms with Crippen molar-refractivity contribution in [2.24, 2.45) is 13.0 Å². The number of imidazole rings is 1. The summed E-state index contributed by atoms with van der Waals surface area (Å²) in [5.74, 6) is 1.51. The Hall–Kier alpha value is -0.830. The van der Waals surface area contributed by atoms with Crippen LogP contribution in [0, 0.1) is 5.92 Å². The minimum atomic E-state index is -3.38. The molecule has 0 spiro atoms. The number of sulfonamides is 1. The molecule has 1 fully saturated rings. The lowest BCUT2D eigenvalue weighted by Crippen LogP contribution is -2.38. The van der Waals surface area contributed by atoms with Crippen molar-refractivity contribution in [1.82, 2.24) is 13.9 Å². The van der Waals surface area contributed by atoms with E-state index in [4.69, 9.17) is 0 Å². The minimum absolute atomic E-state index is 0.367. The third-order valence-electron chi connectivity index (χ3n) is 4.25. The van der Waals surface area contributed by atoms with E-state index in [1.807, 2.05) is 17.8 Å². The molecule has 3 rings (SSSR count). The number of hydrogen-bond acceptors (Lipinski definition) is 4. The topological polar surface area (TPSA) is 55.2 Å². The maximum atomic E-state index is 12.7. The van der Waals surface area contributed by atoms with Crippen LogP contribution in [-0.4, -0.2) is 41.1 Å². The summed E-state index contributed by atoms with van der Waals surface area (Å²) in [6, 6.07) is 6.84. The van der Waals surface area contributed by atoms with E-state index < -0.39 is 10.0 Å². The van der Waals surface area contributed by atoms with Gasteiger partial charge < -0.3 is 4.57 Å². The number of nitrogens with zero attached hydrogens (tertiary/aromatic N) is 3. The van der Waals surface area contributed by atoms with Crippen LogP contribution >= 0.6 is 27.7 Å². The molecule has 0 bridgehead atoms. The molecule has 1 saturated heterocycles. The van der Waals surface area contributed by atoms with Crippen molar-refractivity contribution in [2.45, 2.75) is 22.9 Å². The molecule has 8 heteroatoms. The van der Waals surface area contributed by atoms with E-state index in [0.29, 0.717) is 23.9 Å². The van der Waals surface area contributed by atoms with Crippen LogP contribution in [0.4, 0.5) is 0 Å². The molecule has 1 aliphatic rings. The van der Waals surface area contributed by atoms with Gasteiger partial charge in [0.1, 0.15) is 0 Å². The van der Waals surface area contributed by atoms with Crippen LogP contribution in [0.3, 0.4) is 0 Å². The van der Waals surface area contributed by atoms with Crippen molar-refractivity contribution in [3.8, 4) is 0 Å². The molecule has 5 nitrogen and oxygen atoms in total. The van der Waals surface area contributed by atoms with Crippen LogP contribution in [0.2, 0.25) is 0 Å². The summed E-state index contributed by atoms with van der Waals surface area (Å²) in [6.45, 7) is 1.17.